The third kappa shape index (κ3) is 2.66. The normalized spacial score (nSPS) is 12.7. The molecule has 0 fully saturated rings. The fourth-order valence-electron chi connectivity index (χ4n) is 3.45. The number of aryl methyl sites for hydroxylation is 2. The van der Waals surface area contributed by atoms with Crippen LogP contribution in [-0.4, -0.2) is 16.6 Å². The molecule has 0 bridgehead atoms. The van der Waals surface area contributed by atoms with Gasteiger partial charge in [0.25, 0.3) is 0 Å². The summed E-state index contributed by atoms with van der Waals surface area (Å²) in [6.07, 6.45) is 6.64. The molecular weight excluding hydrogens is 312 g/mol. The number of carbonyl (C=O) groups excluding carboxylic acids is 2. The van der Waals surface area contributed by atoms with Crippen LogP contribution in [0.4, 0.5) is 0 Å². The van der Waals surface area contributed by atoms with E-state index < -0.39 is 0 Å². The molecule has 3 aromatic rings. The van der Waals surface area contributed by atoms with Gasteiger partial charge in [0.05, 0.1) is 11.1 Å². The third-order valence-electron chi connectivity index (χ3n) is 4.46. The molecule has 4 nitrogen and oxygen atoms in total. The van der Waals surface area contributed by atoms with Crippen molar-refractivity contribution in [3.8, 4) is 0 Å². The Bertz CT molecular complexity index is 1020. The van der Waals surface area contributed by atoms with Gasteiger partial charge in [0, 0.05) is 35.2 Å². The predicted molar refractivity (Wildman–Crippen MR) is 92.8 cm³/mol. The lowest BCUT2D eigenvalue weighted by Crippen LogP contribution is -2.36. The number of carbonyl (C=O) groups is 2. The first-order valence-electron chi connectivity index (χ1n) is 8.16. The Kier molecular flexibility index (Phi) is 3.53. The molecular formula is C21H17N2O2+. The Labute approximate surface area is 145 Å². The van der Waals surface area contributed by atoms with Crippen LogP contribution in [-0.2, 0) is 6.54 Å². The summed E-state index contributed by atoms with van der Waals surface area (Å²) in [5, 5.41) is 0. The van der Waals surface area contributed by atoms with Crippen molar-refractivity contribution in [2.45, 2.75) is 20.4 Å². The molecule has 0 amide bonds. The molecule has 0 atom stereocenters. The SMILES string of the molecule is Cc1cc(C)cc(C[n+]2ccc3c(c2)C(=O)c2ccncc2C3=O)c1. The number of ketones is 2. The minimum absolute atomic E-state index is 0.123. The van der Waals surface area contributed by atoms with E-state index in [1.807, 2.05) is 10.8 Å². The molecule has 4 rings (SSSR count). The zero-order chi connectivity index (χ0) is 17.6. The lowest BCUT2D eigenvalue weighted by molar-refractivity contribution is -0.688. The minimum Gasteiger partial charge on any atom is -0.288 e. The molecule has 4 heteroatoms. The summed E-state index contributed by atoms with van der Waals surface area (Å²) in [6.45, 7) is 4.79. The van der Waals surface area contributed by atoms with Crippen LogP contribution in [0.1, 0.15) is 48.5 Å². The largest absolute Gasteiger partial charge is 0.288 e. The molecule has 0 unspecified atom stereocenters. The van der Waals surface area contributed by atoms with E-state index in [9.17, 15) is 9.59 Å². The standard InChI is InChI=1S/C21H17N2O2/c1-13-7-14(2)9-15(8-13)11-23-6-4-17-19(12-23)21(25)16-3-5-22-10-18(16)20(17)24/h3-10,12H,11H2,1-2H3/q+1. The number of fused-ring (bicyclic) bond motifs is 2. The molecule has 2 heterocycles. The monoisotopic (exact) mass is 329 g/mol. The number of aromatic nitrogens is 2. The maximum Gasteiger partial charge on any atom is 0.200 e. The van der Waals surface area contributed by atoms with Gasteiger partial charge in [0.1, 0.15) is 0 Å². The summed E-state index contributed by atoms with van der Waals surface area (Å²) in [6, 6.07) is 9.74. The quantitative estimate of drug-likeness (QED) is 0.531. The van der Waals surface area contributed by atoms with Crippen molar-refractivity contribution in [2.24, 2.45) is 0 Å². The second-order valence-corrected chi connectivity index (χ2v) is 6.52. The second kappa shape index (κ2) is 5.74. The molecule has 2 aromatic heterocycles. The zero-order valence-electron chi connectivity index (χ0n) is 14.1. The van der Waals surface area contributed by atoms with Crippen LogP contribution in [0.3, 0.4) is 0 Å². The van der Waals surface area contributed by atoms with Crippen LogP contribution < -0.4 is 4.57 Å². The third-order valence-corrected chi connectivity index (χ3v) is 4.46. The molecule has 122 valence electrons. The number of benzene rings is 1. The predicted octanol–water partition coefficient (Wildman–Crippen LogP) is 2.81. The first kappa shape index (κ1) is 15.4. The maximum absolute atomic E-state index is 12.8. The smallest absolute Gasteiger partial charge is 0.200 e. The molecule has 0 saturated carbocycles. The van der Waals surface area contributed by atoms with E-state index in [0.29, 0.717) is 28.8 Å². The fourth-order valence-corrected chi connectivity index (χ4v) is 3.45. The van der Waals surface area contributed by atoms with Crippen LogP contribution in [0.15, 0.2) is 55.1 Å². The van der Waals surface area contributed by atoms with E-state index in [1.54, 1.807) is 24.5 Å². The van der Waals surface area contributed by atoms with Gasteiger partial charge in [0.2, 0.25) is 5.78 Å². The van der Waals surface area contributed by atoms with E-state index in [4.69, 9.17) is 0 Å². The Morgan fingerprint density at radius 2 is 1.56 bits per heavy atom. The van der Waals surface area contributed by atoms with Crippen molar-refractivity contribution in [3.63, 3.8) is 0 Å². The van der Waals surface area contributed by atoms with Crippen LogP contribution in [0.2, 0.25) is 0 Å². The number of pyridine rings is 2. The molecule has 0 N–H and O–H groups in total. The van der Waals surface area contributed by atoms with E-state index in [0.717, 1.165) is 0 Å². The van der Waals surface area contributed by atoms with Gasteiger partial charge in [-0.15, -0.1) is 0 Å². The van der Waals surface area contributed by atoms with Gasteiger partial charge >= 0.3 is 0 Å². The van der Waals surface area contributed by atoms with E-state index in [1.165, 1.54) is 22.9 Å². The summed E-state index contributed by atoms with van der Waals surface area (Å²) < 4.78 is 1.95. The van der Waals surface area contributed by atoms with Crippen molar-refractivity contribution < 1.29 is 14.2 Å². The molecule has 1 aromatic carbocycles. The average Bonchev–Trinajstić information content (AvgIpc) is 2.59. The zero-order valence-corrected chi connectivity index (χ0v) is 14.1. The van der Waals surface area contributed by atoms with Gasteiger partial charge in [-0.25, -0.2) is 0 Å². The minimum atomic E-state index is -0.142. The highest BCUT2D eigenvalue weighted by Gasteiger charge is 2.32. The summed E-state index contributed by atoms with van der Waals surface area (Å²) in [7, 11) is 0. The lowest BCUT2D eigenvalue weighted by Gasteiger charge is -2.15. The number of nitrogens with zero attached hydrogens (tertiary/aromatic N) is 2. The highest BCUT2D eigenvalue weighted by atomic mass is 16.1. The second-order valence-electron chi connectivity index (χ2n) is 6.52. The fraction of sp³-hybridized carbons (Fsp3) is 0.143. The summed E-state index contributed by atoms with van der Waals surface area (Å²) in [4.78, 5) is 29.4. The van der Waals surface area contributed by atoms with Crippen molar-refractivity contribution in [2.75, 3.05) is 0 Å². The molecule has 0 spiro atoms. The van der Waals surface area contributed by atoms with Crippen molar-refractivity contribution in [3.05, 3.63) is 94.1 Å². The van der Waals surface area contributed by atoms with Gasteiger partial charge < -0.3 is 0 Å². The van der Waals surface area contributed by atoms with Gasteiger partial charge in [-0.2, -0.15) is 4.57 Å². The maximum atomic E-state index is 12.8. The highest BCUT2D eigenvalue weighted by Crippen LogP contribution is 2.25. The number of hydrogen-bond acceptors (Lipinski definition) is 3. The van der Waals surface area contributed by atoms with Gasteiger partial charge in [-0.05, 0) is 32.0 Å². The number of hydrogen-bond donors (Lipinski definition) is 0. The van der Waals surface area contributed by atoms with Crippen molar-refractivity contribution in [1.82, 2.24) is 4.98 Å². The first-order valence-corrected chi connectivity index (χ1v) is 8.16. The van der Waals surface area contributed by atoms with E-state index in [-0.39, 0.29) is 11.6 Å². The summed E-state index contributed by atoms with van der Waals surface area (Å²) in [5.41, 5.74) is 5.30. The number of rotatable bonds is 2. The van der Waals surface area contributed by atoms with E-state index in [2.05, 4.69) is 37.0 Å². The van der Waals surface area contributed by atoms with Gasteiger partial charge in [-0.3, -0.25) is 14.6 Å². The van der Waals surface area contributed by atoms with Crippen LogP contribution in [0.25, 0.3) is 0 Å². The van der Waals surface area contributed by atoms with Crippen molar-refractivity contribution >= 4 is 11.6 Å². The molecule has 0 saturated heterocycles. The van der Waals surface area contributed by atoms with Crippen LogP contribution in [0.5, 0.6) is 0 Å². The van der Waals surface area contributed by atoms with Crippen LogP contribution >= 0.6 is 0 Å². The molecule has 1 aliphatic carbocycles. The molecule has 1 aliphatic rings. The molecule has 0 aliphatic heterocycles. The highest BCUT2D eigenvalue weighted by molar-refractivity contribution is 6.27. The lowest BCUT2D eigenvalue weighted by atomic mass is 9.86. The first-order chi connectivity index (χ1) is 12.0. The Morgan fingerprint density at radius 3 is 2.32 bits per heavy atom. The Hall–Kier alpha value is -3.14. The average molecular weight is 329 g/mol. The summed E-state index contributed by atoms with van der Waals surface area (Å²) in [5.74, 6) is -0.266. The van der Waals surface area contributed by atoms with Gasteiger partial charge in [0.15, 0.2) is 24.7 Å². The topological polar surface area (TPSA) is 50.9 Å². The molecule has 25 heavy (non-hydrogen) atoms. The summed E-state index contributed by atoms with van der Waals surface area (Å²) >= 11 is 0. The van der Waals surface area contributed by atoms with Gasteiger partial charge in [-0.1, -0.05) is 17.2 Å². The molecule has 0 radical (unpaired) electrons. The van der Waals surface area contributed by atoms with E-state index >= 15 is 0 Å². The van der Waals surface area contributed by atoms with Crippen LogP contribution in [0, 0.1) is 13.8 Å². The Balaban J connectivity index is 1.75. The Morgan fingerprint density at radius 1 is 0.880 bits per heavy atom. The van der Waals surface area contributed by atoms with Crippen molar-refractivity contribution in [1.29, 1.82) is 0 Å².